The molecule has 0 amide bonds. The van der Waals surface area contributed by atoms with Crippen molar-refractivity contribution in [2.75, 3.05) is 0 Å². The molecule has 3 nitrogen and oxygen atoms in total. The van der Waals surface area contributed by atoms with Crippen molar-refractivity contribution in [1.82, 2.24) is 0 Å². The number of aliphatic hydroxyl groups is 1. The molecule has 3 heteroatoms. The summed E-state index contributed by atoms with van der Waals surface area (Å²) in [5.41, 5.74) is 0.658. The first-order valence-electron chi connectivity index (χ1n) is 6.36. The van der Waals surface area contributed by atoms with E-state index in [-0.39, 0.29) is 22.2 Å². The van der Waals surface area contributed by atoms with Crippen molar-refractivity contribution >= 4 is 5.78 Å². The largest absolute Gasteiger partial charge is 0.368 e. The fourth-order valence-electron chi connectivity index (χ4n) is 4.21. The summed E-state index contributed by atoms with van der Waals surface area (Å²) in [4.78, 5) is 11.9. The summed E-state index contributed by atoms with van der Waals surface area (Å²) in [6.45, 7) is 6.51. The van der Waals surface area contributed by atoms with E-state index in [0.29, 0.717) is 12.8 Å². The van der Waals surface area contributed by atoms with Crippen LogP contribution in [0.5, 0.6) is 0 Å². The third kappa shape index (κ3) is 1.39. The zero-order valence-corrected chi connectivity index (χ0v) is 10.7. The molecule has 1 saturated carbocycles. The van der Waals surface area contributed by atoms with E-state index in [4.69, 9.17) is 4.74 Å². The maximum atomic E-state index is 11.9. The number of carbonyl (C=O) groups excluding carboxylic acids is 1. The van der Waals surface area contributed by atoms with E-state index >= 15 is 0 Å². The van der Waals surface area contributed by atoms with Crippen LogP contribution in [0.15, 0.2) is 11.6 Å². The van der Waals surface area contributed by atoms with Gasteiger partial charge in [-0.05, 0) is 29.9 Å². The van der Waals surface area contributed by atoms with Gasteiger partial charge >= 0.3 is 0 Å². The van der Waals surface area contributed by atoms with Crippen molar-refractivity contribution in [1.29, 1.82) is 0 Å². The lowest BCUT2D eigenvalue weighted by atomic mass is 9.63. The molecular weight excluding hydrogens is 216 g/mol. The predicted molar refractivity (Wildman–Crippen MR) is 63.3 cm³/mol. The van der Waals surface area contributed by atoms with Crippen LogP contribution in [0.4, 0.5) is 0 Å². The van der Waals surface area contributed by atoms with Crippen molar-refractivity contribution in [3.05, 3.63) is 11.6 Å². The lowest BCUT2D eigenvalue weighted by Crippen LogP contribution is -2.46. The van der Waals surface area contributed by atoms with Crippen LogP contribution in [-0.4, -0.2) is 22.8 Å². The first-order chi connectivity index (χ1) is 7.76. The van der Waals surface area contributed by atoms with Gasteiger partial charge in [-0.3, -0.25) is 4.79 Å². The fourth-order valence-corrected chi connectivity index (χ4v) is 4.21. The number of ether oxygens (including phenoxy) is 1. The van der Waals surface area contributed by atoms with Crippen molar-refractivity contribution in [3.63, 3.8) is 0 Å². The van der Waals surface area contributed by atoms with Crippen LogP contribution in [0.3, 0.4) is 0 Å². The average molecular weight is 236 g/mol. The molecule has 0 radical (unpaired) electrons. The van der Waals surface area contributed by atoms with Gasteiger partial charge in [-0.2, -0.15) is 0 Å². The summed E-state index contributed by atoms with van der Waals surface area (Å²) in [7, 11) is 0. The topological polar surface area (TPSA) is 46.5 Å². The third-order valence-electron chi connectivity index (χ3n) is 4.75. The normalized spacial score (nSPS) is 47.6. The Morgan fingerprint density at radius 1 is 1.35 bits per heavy atom. The van der Waals surface area contributed by atoms with Crippen LogP contribution < -0.4 is 0 Å². The van der Waals surface area contributed by atoms with E-state index in [1.165, 1.54) is 0 Å². The second-order valence-electron chi connectivity index (χ2n) is 6.99. The summed E-state index contributed by atoms with van der Waals surface area (Å²) in [5, 5.41) is 9.86. The molecule has 94 valence electrons. The van der Waals surface area contributed by atoms with E-state index in [1.807, 2.05) is 0 Å². The van der Waals surface area contributed by atoms with Gasteiger partial charge in [-0.1, -0.05) is 20.8 Å². The Morgan fingerprint density at radius 2 is 2.06 bits per heavy atom. The molecule has 2 fully saturated rings. The van der Waals surface area contributed by atoms with Crippen molar-refractivity contribution in [2.24, 2.45) is 10.8 Å². The quantitative estimate of drug-likeness (QED) is 0.701. The molecule has 1 spiro atoms. The summed E-state index contributed by atoms with van der Waals surface area (Å²) in [6, 6.07) is 0. The molecule has 0 unspecified atom stereocenters. The zero-order chi connectivity index (χ0) is 12.5. The van der Waals surface area contributed by atoms with Crippen LogP contribution in [0.25, 0.3) is 0 Å². The Kier molecular flexibility index (Phi) is 2.02. The molecule has 0 aromatic rings. The maximum absolute atomic E-state index is 11.9. The van der Waals surface area contributed by atoms with Gasteiger partial charge in [0.1, 0.15) is 0 Å². The van der Waals surface area contributed by atoms with Gasteiger partial charge in [0.25, 0.3) is 0 Å². The van der Waals surface area contributed by atoms with E-state index in [1.54, 1.807) is 6.08 Å². The van der Waals surface area contributed by atoms with Crippen molar-refractivity contribution in [2.45, 2.75) is 58.3 Å². The number of hydrogen-bond donors (Lipinski definition) is 1. The molecule has 17 heavy (non-hydrogen) atoms. The minimum Gasteiger partial charge on any atom is -0.368 e. The van der Waals surface area contributed by atoms with Crippen LogP contribution in [0.1, 0.15) is 46.5 Å². The number of aliphatic hydroxyl groups excluding tert-OH is 1. The Hall–Kier alpha value is -0.670. The molecule has 3 rings (SSSR count). The zero-order valence-electron chi connectivity index (χ0n) is 10.7. The Morgan fingerprint density at radius 3 is 2.76 bits per heavy atom. The lowest BCUT2D eigenvalue weighted by Gasteiger charge is -2.43. The molecule has 2 aliphatic carbocycles. The predicted octanol–water partition coefficient (Wildman–Crippen LogP) is 2.19. The highest BCUT2D eigenvalue weighted by atomic mass is 16.6. The molecule has 1 aliphatic heterocycles. The van der Waals surface area contributed by atoms with Crippen LogP contribution in [0.2, 0.25) is 0 Å². The van der Waals surface area contributed by atoms with E-state index in [0.717, 1.165) is 18.4 Å². The van der Waals surface area contributed by atoms with E-state index in [2.05, 4.69) is 20.8 Å². The summed E-state index contributed by atoms with van der Waals surface area (Å²) >= 11 is 0. The molecule has 1 saturated heterocycles. The van der Waals surface area contributed by atoms with Gasteiger partial charge < -0.3 is 9.84 Å². The van der Waals surface area contributed by atoms with E-state index < -0.39 is 6.29 Å². The maximum Gasteiger partial charge on any atom is 0.156 e. The second-order valence-corrected chi connectivity index (χ2v) is 6.99. The SMILES string of the molecule is CC1(C)CC2=CC(=O)C[C@]3(C)C[C@H](O)O[C@]23C1. The number of ketones is 1. The van der Waals surface area contributed by atoms with Crippen LogP contribution in [0, 0.1) is 10.8 Å². The highest BCUT2D eigenvalue weighted by Crippen LogP contribution is 2.64. The van der Waals surface area contributed by atoms with E-state index in [9.17, 15) is 9.90 Å². The fraction of sp³-hybridized carbons (Fsp3) is 0.786. The van der Waals surface area contributed by atoms with Gasteiger partial charge in [0.15, 0.2) is 12.1 Å². The standard InChI is InChI=1S/C14H20O3/c1-12(2)5-9-4-10(15)6-13(3)7-11(16)17-14(9,13)8-12/h4,11,16H,5-8H2,1-3H3/t11-,13-,14-/m1/s1. The Balaban J connectivity index is 2.14. The van der Waals surface area contributed by atoms with Crippen LogP contribution >= 0.6 is 0 Å². The van der Waals surface area contributed by atoms with Gasteiger partial charge in [-0.25, -0.2) is 0 Å². The van der Waals surface area contributed by atoms with Crippen molar-refractivity contribution in [3.8, 4) is 0 Å². The van der Waals surface area contributed by atoms with Gasteiger partial charge in [0.05, 0.1) is 5.60 Å². The first kappa shape index (κ1) is 11.4. The lowest BCUT2D eigenvalue weighted by molar-refractivity contribution is -0.143. The molecule has 1 heterocycles. The molecule has 0 aromatic carbocycles. The summed E-state index contributed by atoms with van der Waals surface area (Å²) in [5.74, 6) is 0.188. The summed E-state index contributed by atoms with van der Waals surface area (Å²) in [6.07, 6.45) is 3.95. The minimum atomic E-state index is -0.719. The molecule has 0 bridgehead atoms. The Labute approximate surface area is 102 Å². The molecule has 0 aromatic heterocycles. The number of hydrogen-bond acceptors (Lipinski definition) is 3. The molecule has 3 atom stereocenters. The second kappa shape index (κ2) is 3.01. The number of rotatable bonds is 0. The summed E-state index contributed by atoms with van der Waals surface area (Å²) < 4.78 is 5.90. The number of allylic oxidation sites excluding steroid dienone is 1. The van der Waals surface area contributed by atoms with Gasteiger partial charge in [-0.15, -0.1) is 0 Å². The average Bonchev–Trinajstić information content (AvgIpc) is 2.48. The van der Waals surface area contributed by atoms with Gasteiger partial charge in [0.2, 0.25) is 0 Å². The van der Waals surface area contributed by atoms with Crippen LogP contribution in [-0.2, 0) is 9.53 Å². The molecular formula is C14H20O3. The number of carbonyl (C=O) groups is 1. The molecule has 1 N–H and O–H groups in total. The Bertz CT molecular complexity index is 423. The van der Waals surface area contributed by atoms with Crippen molar-refractivity contribution < 1.29 is 14.6 Å². The third-order valence-corrected chi connectivity index (χ3v) is 4.75. The minimum absolute atomic E-state index is 0.155. The first-order valence-corrected chi connectivity index (χ1v) is 6.36. The molecule has 3 aliphatic rings. The smallest absolute Gasteiger partial charge is 0.156 e. The monoisotopic (exact) mass is 236 g/mol. The highest BCUT2D eigenvalue weighted by molar-refractivity contribution is 5.93. The van der Waals surface area contributed by atoms with Gasteiger partial charge in [0, 0.05) is 18.3 Å². The highest BCUT2D eigenvalue weighted by Gasteiger charge is 2.65.